The minimum atomic E-state index is -0.0625. The van der Waals surface area contributed by atoms with Crippen molar-refractivity contribution in [3.05, 3.63) is 0 Å². The van der Waals surface area contributed by atoms with Crippen molar-refractivity contribution in [3.63, 3.8) is 0 Å². The number of hydrogen-bond acceptors (Lipinski definition) is 2. The van der Waals surface area contributed by atoms with Gasteiger partial charge >= 0.3 is 27.3 Å². The number of Topliss-reactive ketones (excluding diaryl/α,β-unsaturated/α-hetero) is 2. The largest absolute Gasteiger partial charge is 1.00 e. The maximum Gasteiger partial charge on any atom is 1.00 e. The Bertz CT molecular complexity index is 86.6. The summed E-state index contributed by atoms with van der Waals surface area (Å²) in [6.45, 7) is 2.81. The molecule has 0 aliphatic carbocycles. The van der Waals surface area contributed by atoms with E-state index in [9.17, 15) is 9.59 Å². The first kappa shape index (κ1) is 11.1. The molecule has 0 aromatic carbocycles. The van der Waals surface area contributed by atoms with E-state index in [-0.39, 0.29) is 45.3 Å². The van der Waals surface area contributed by atoms with Gasteiger partial charge in [0.1, 0.15) is 11.6 Å². The SMILES string of the molecule is CC(=O)CC(C)=O.[Tl+]. The molecule has 0 atom stereocenters. The second-order valence-corrected chi connectivity index (χ2v) is 1.58. The Morgan fingerprint density at radius 2 is 1.38 bits per heavy atom. The molecule has 0 amide bonds. The zero-order chi connectivity index (χ0) is 5.86. The normalized spacial score (nSPS) is 7.25. The average Bonchev–Trinajstić information content (AvgIpc) is 1.27. The van der Waals surface area contributed by atoms with Crippen molar-refractivity contribution in [2.45, 2.75) is 20.3 Å². The van der Waals surface area contributed by atoms with E-state index >= 15 is 0 Å². The van der Waals surface area contributed by atoms with Gasteiger partial charge in [0.05, 0.1) is 6.42 Å². The first-order valence-electron chi connectivity index (χ1n) is 2.12. The van der Waals surface area contributed by atoms with Crippen LogP contribution in [0.5, 0.6) is 0 Å². The Hall–Kier alpha value is 0.262. The number of hydrogen-bond donors (Lipinski definition) is 0. The van der Waals surface area contributed by atoms with Gasteiger partial charge in [0.15, 0.2) is 0 Å². The molecular weight excluding hydrogens is 296 g/mol. The van der Waals surface area contributed by atoms with Crippen molar-refractivity contribution < 1.29 is 9.59 Å². The molecule has 0 spiro atoms. The first-order chi connectivity index (χ1) is 3.13. The molecule has 0 aromatic rings. The quantitative estimate of drug-likeness (QED) is 0.538. The van der Waals surface area contributed by atoms with Gasteiger partial charge in [0, 0.05) is 0 Å². The molecule has 0 N–H and O–H groups in total. The maximum atomic E-state index is 10.0. The number of carbonyl (C=O) groups is 2. The van der Waals surface area contributed by atoms with Gasteiger partial charge < -0.3 is 0 Å². The molecule has 2 nitrogen and oxygen atoms in total. The van der Waals surface area contributed by atoms with Gasteiger partial charge in [-0.15, -0.1) is 0 Å². The van der Waals surface area contributed by atoms with Crippen LogP contribution in [0.4, 0.5) is 0 Å². The molecule has 0 aliphatic rings. The van der Waals surface area contributed by atoms with Crippen molar-refractivity contribution in [1.82, 2.24) is 0 Å². The molecule has 0 radical (unpaired) electrons. The van der Waals surface area contributed by atoms with E-state index in [1.165, 1.54) is 13.8 Å². The molecule has 0 rings (SSSR count). The molecule has 42 valence electrons. The van der Waals surface area contributed by atoms with Crippen LogP contribution in [-0.4, -0.2) is 38.9 Å². The van der Waals surface area contributed by atoms with Crippen LogP contribution in [0.25, 0.3) is 0 Å². The Kier molecular flexibility index (Phi) is 7.50. The fourth-order valence-corrected chi connectivity index (χ4v) is 0.351. The fourth-order valence-electron chi connectivity index (χ4n) is 0.351. The summed E-state index contributed by atoms with van der Waals surface area (Å²) in [7, 11) is 0. The van der Waals surface area contributed by atoms with E-state index in [2.05, 4.69) is 0 Å². The number of carbonyl (C=O) groups excluding carboxylic acids is 2. The zero-order valence-electron chi connectivity index (χ0n) is 5.10. The summed E-state index contributed by atoms with van der Waals surface area (Å²) in [5, 5.41) is 0. The van der Waals surface area contributed by atoms with E-state index in [4.69, 9.17) is 0 Å². The molecule has 8 heavy (non-hydrogen) atoms. The smallest absolute Gasteiger partial charge is 0.300 e. The average molecular weight is 304 g/mol. The first-order valence-corrected chi connectivity index (χ1v) is 2.12. The van der Waals surface area contributed by atoms with Crippen molar-refractivity contribution in [1.29, 1.82) is 0 Å². The Labute approximate surface area is 68.8 Å². The summed E-state index contributed by atoms with van der Waals surface area (Å²) in [6, 6.07) is 0. The minimum Gasteiger partial charge on any atom is -0.300 e. The Morgan fingerprint density at radius 1 is 1.12 bits per heavy atom. The minimum absolute atomic E-state index is 0. The molecule has 0 saturated heterocycles. The topological polar surface area (TPSA) is 34.1 Å². The third kappa shape index (κ3) is 9.55. The van der Waals surface area contributed by atoms with E-state index < -0.39 is 0 Å². The summed E-state index contributed by atoms with van der Waals surface area (Å²) in [4.78, 5) is 20.1. The summed E-state index contributed by atoms with van der Waals surface area (Å²) < 4.78 is 0. The molecule has 0 saturated carbocycles. The summed E-state index contributed by atoms with van der Waals surface area (Å²) in [5.74, 6) is -0.125. The molecule has 0 fully saturated rings. The molecular formula is C5H8O2Tl+. The van der Waals surface area contributed by atoms with E-state index in [0.29, 0.717) is 0 Å². The Morgan fingerprint density at radius 3 is 1.38 bits per heavy atom. The van der Waals surface area contributed by atoms with Crippen LogP contribution < -0.4 is 0 Å². The van der Waals surface area contributed by atoms with Gasteiger partial charge in [-0.1, -0.05) is 0 Å². The summed E-state index contributed by atoms with van der Waals surface area (Å²) in [6.07, 6.45) is 0.0833. The number of rotatable bonds is 2. The molecule has 0 bridgehead atoms. The summed E-state index contributed by atoms with van der Waals surface area (Å²) >= 11 is 0. The van der Waals surface area contributed by atoms with Crippen molar-refractivity contribution in [3.8, 4) is 0 Å². The van der Waals surface area contributed by atoms with Gasteiger partial charge in [-0.2, -0.15) is 0 Å². The van der Waals surface area contributed by atoms with Crippen molar-refractivity contribution in [2.24, 2.45) is 0 Å². The van der Waals surface area contributed by atoms with Gasteiger partial charge in [0.2, 0.25) is 0 Å². The van der Waals surface area contributed by atoms with Crippen LogP contribution in [-0.2, 0) is 9.59 Å². The Balaban J connectivity index is 0. The van der Waals surface area contributed by atoms with E-state index in [1.54, 1.807) is 0 Å². The molecule has 0 unspecified atom stereocenters. The third-order valence-electron chi connectivity index (χ3n) is 0.498. The maximum absolute atomic E-state index is 10.0. The van der Waals surface area contributed by atoms with Gasteiger partial charge in [0.25, 0.3) is 0 Å². The predicted molar refractivity (Wildman–Crippen MR) is 31.7 cm³/mol. The molecule has 0 aliphatic heterocycles. The molecule has 0 aromatic heterocycles. The van der Waals surface area contributed by atoms with Gasteiger partial charge in [-0.3, -0.25) is 9.59 Å². The third-order valence-corrected chi connectivity index (χ3v) is 0.498. The van der Waals surface area contributed by atoms with Crippen LogP contribution in [0, 0.1) is 0 Å². The number of ketones is 2. The van der Waals surface area contributed by atoms with Crippen LogP contribution >= 0.6 is 0 Å². The van der Waals surface area contributed by atoms with Crippen LogP contribution in [0.15, 0.2) is 0 Å². The van der Waals surface area contributed by atoms with Gasteiger partial charge in [-0.25, -0.2) is 0 Å². The van der Waals surface area contributed by atoms with Crippen LogP contribution in [0.3, 0.4) is 0 Å². The van der Waals surface area contributed by atoms with E-state index in [0.717, 1.165) is 0 Å². The van der Waals surface area contributed by atoms with Crippen molar-refractivity contribution >= 4 is 38.9 Å². The zero-order valence-corrected chi connectivity index (χ0v) is 9.59. The fraction of sp³-hybridized carbons (Fsp3) is 0.600. The second kappa shape index (κ2) is 5.40. The molecule has 3 heteroatoms. The van der Waals surface area contributed by atoms with Gasteiger partial charge in [-0.05, 0) is 13.8 Å². The standard InChI is InChI=1S/C5H8O2.Tl/c1-4(6)3-5(2)7;/h3H2,1-2H3;/q;+1. The van der Waals surface area contributed by atoms with Crippen LogP contribution in [0.1, 0.15) is 20.3 Å². The predicted octanol–water partition coefficient (Wildman–Crippen LogP) is 0.174. The second-order valence-electron chi connectivity index (χ2n) is 1.58. The molecule has 0 heterocycles. The van der Waals surface area contributed by atoms with E-state index in [1.807, 2.05) is 0 Å². The van der Waals surface area contributed by atoms with Crippen LogP contribution in [0.2, 0.25) is 0 Å². The van der Waals surface area contributed by atoms with Crippen molar-refractivity contribution in [2.75, 3.05) is 0 Å². The monoisotopic (exact) mass is 305 g/mol. The summed E-state index contributed by atoms with van der Waals surface area (Å²) in [5.41, 5.74) is 0.